The Morgan fingerprint density at radius 1 is 1.50 bits per heavy atom. The molecule has 3 N–H and O–H groups in total. The number of nitrogens with zero attached hydrogens (tertiary/aromatic N) is 1. The molecule has 16 heavy (non-hydrogen) atoms. The van der Waals surface area contributed by atoms with E-state index in [9.17, 15) is 4.79 Å². The smallest absolute Gasteiger partial charge is 0.217 e. The van der Waals surface area contributed by atoms with Crippen molar-refractivity contribution in [2.24, 2.45) is 5.73 Å². The highest BCUT2D eigenvalue weighted by Crippen LogP contribution is 2.12. The molecule has 0 aliphatic rings. The van der Waals surface area contributed by atoms with Crippen LogP contribution in [0.2, 0.25) is 5.02 Å². The Balaban J connectivity index is 2.12. The number of halogens is 1. The van der Waals surface area contributed by atoms with E-state index in [1.165, 1.54) is 0 Å². The maximum absolute atomic E-state index is 10.5. The monoisotopic (exact) mass is 241 g/mol. The number of nitrogens with two attached hydrogens (primary N) is 1. The maximum atomic E-state index is 10.5. The molecule has 1 heterocycles. The van der Waals surface area contributed by atoms with Crippen LogP contribution in [0.15, 0.2) is 18.5 Å². The van der Waals surface area contributed by atoms with Crippen LogP contribution in [0.5, 0.6) is 0 Å². The topological polar surface area (TPSA) is 68.0 Å². The lowest BCUT2D eigenvalue weighted by Crippen LogP contribution is -2.16. The summed E-state index contributed by atoms with van der Waals surface area (Å²) in [5.41, 5.74) is 6.07. The molecule has 0 fully saturated rings. The number of hydrogen-bond donors (Lipinski definition) is 2. The molecule has 0 unspecified atom stereocenters. The van der Waals surface area contributed by atoms with Crippen molar-refractivity contribution in [2.75, 3.05) is 6.54 Å². The molecule has 1 rings (SSSR count). The van der Waals surface area contributed by atoms with Gasteiger partial charge in [-0.05, 0) is 31.0 Å². The van der Waals surface area contributed by atoms with E-state index in [0.717, 1.165) is 31.5 Å². The van der Waals surface area contributed by atoms with Crippen LogP contribution in [0.3, 0.4) is 0 Å². The van der Waals surface area contributed by atoms with E-state index in [1.54, 1.807) is 12.4 Å². The molecule has 0 spiro atoms. The molecule has 0 aliphatic carbocycles. The number of amides is 1. The van der Waals surface area contributed by atoms with Gasteiger partial charge in [-0.3, -0.25) is 9.78 Å². The van der Waals surface area contributed by atoms with Crippen LogP contribution in [0, 0.1) is 0 Å². The van der Waals surface area contributed by atoms with E-state index in [0.29, 0.717) is 11.4 Å². The quantitative estimate of drug-likeness (QED) is 0.711. The first-order valence-corrected chi connectivity index (χ1v) is 5.65. The van der Waals surface area contributed by atoms with Gasteiger partial charge in [0.15, 0.2) is 0 Å². The second kappa shape index (κ2) is 7.19. The summed E-state index contributed by atoms with van der Waals surface area (Å²) in [6.07, 6.45) is 5.57. The van der Waals surface area contributed by atoms with E-state index in [4.69, 9.17) is 17.3 Å². The Morgan fingerprint density at radius 3 is 3.00 bits per heavy atom. The zero-order valence-corrected chi connectivity index (χ0v) is 9.83. The molecule has 1 aromatic heterocycles. The minimum Gasteiger partial charge on any atom is -0.370 e. The van der Waals surface area contributed by atoms with Gasteiger partial charge in [0.2, 0.25) is 5.91 Å². The number of aromatic nitrogens is 1. The summed E-state index contributed by atoms with van der Waals surface area (Å²) in [7, 11) is 0. The van der Waals surface area contributed by atoms with Crippen LogP contribution in [0.4, 0.5) is 0 Å². The van der Waals surface area contributed by atoms with Crippen molar-refractivity contribution >= 4 is 17.5 Å². The second-order valence-electron chi connectivity index (χ2n) is 3.57. The zero-order valence-electron chi connectivity index (χ0n) is 9.08. The predicted molar refractivity (Wildman–Crippen MR) is 64.0 cm³/mol. The standard InChI is InChI=1S/C11H16ClN3O/c12-10-8-15-6-4-9(10)7-14-5-2-1-3-11(13)16/h4,6,8,14H,1-3,5,7H2,(H2,13,16). The zero-order chi connectivity index (χ0) is 11.8. The van der Waals surface area contributed by atoms with E-state index >= 15 is 0 Å². The Labute approximate surface area is 100 Å². The van der Waals surface area contributed by atoms with Crippen LogP contribution in [-0.2, 0) is 11.3 Å². The first-order chi connectivity index (χ1) is 7.70. The van der Waals surface area contributed by atoms with Crippen LogP contribution in [0.25, 0.3) is 0 Å². The lowest BCUT2D eigenvalue weighted by molar-refractivity contribution is -0.118. The Hall–Kier alpha value is -1.13. The Kier molecular flexibility index (Phi) is 5.82. The number of primary amides is 1. The minimum absolute atomic E-state index is 0.239. The molecule has 1 amide bonds. The van der Waals surface area contributed by atoms with Crippen molar-refractivity contribution in [3.05, 3.63) is 29.0 Å². The van der Waals surface area contributed by atoms with Gasteiger partial charge in [-0.2, -0.15) is 0 Å². The molecule has 0 aliphatic heterocycles. The third kappa shape index (κ3) is 5.09. The molecule has 0 aromatic carbocycles. The maximum Gasteiger partial charge on any atom is 0.217 e. The molecule has 0 bridgehead atoms. The number of unbranched alkanes of at least 4 members (excludes halogenated alkanes) is 1. The van der Waals surface area contributed by atoms with Gasteiger partial charge >= 0.3 is 0 Å². The highest BCUT2D eigenvalue weighted by Gasteiger charge is 1.98. The SMILES string of the molecule is NC(=O)CCCCNCc1ccncc1Cl. The lowest BCUT2D eigenvalue weighted by Gasteiger charge is -2.05. The summed E-state index contributed by atoms with van der Waals surface area (Å²) in [5.74, 6) is -0.239. The van der Waals surface area contributed by atoms with Gasteiger partial charge in [0.25, 0.3) is 0 Å². The molecule has 0 saturated heterocycles. The van der Waals surface area contributed by atoms with Gasteiger partial charge in [0.1, 0.15) is 0 Å². The summed E-state index contributed by atoms with van der Waals surface area (Å²) in [4.78, 5) is 14.4. The number of pyridine rings is 1. The Bertz CT molecular complexity index is 344. The second-order valence-corrected chi connectivity index (χ2v) is 3.97. The summed E-state index contributed by atoms with van der Waals surface area (Å²) < 4.78 is 0. The average molecular weight is 242 g/mol. The van der Waals surface area contributed by atoms with Crippen LogP contribution < -0.4 is 11.1 Å². The lowest BCUT2D eigenvalue weighted by atomic mass is 10.2. The molecule has 0 atom stereocenters. The summed E-state index contributed by atoms with van der Waals surface area (Å²) in [6.45, 7) is 1.57. The Morgan fingerprint density at radius 2 is 2.31 bits per heavy atom. The molecule has 0 radical (unpaired) electrons. The molecule has 1 aromatic rings. The molecular weight excluding hydrogens is 226 g/mol. The largest absolute Gasteiger partial charge is 0.370 e. The van der Waals surface area contributed by atoms with Crippen LogP contribution in [0.1, 0.15) is 24.8 Å². The highest BCUT2D eigenvalue weighted by molar-refractivity contribution is 6.31. The fourth-order valence-corrected chi connectivity index (χ4v) is 1.51. The normalized spacial score (nSPS) is 10.3. The van der Waals surface area contributed by atoms with Crippen molar-refractivity contribution < 1.29 is 4.79 Å². The molecule has 88 valence electrons. The van der Waals surface area contributed by atoms with Gasteiger partial charge in [-0.15, -0.1) is 0 Å². The van der Waals surface area contributed by atoms with Gasteiger partial charge < -0.3 is 11.1 Å². The molecule has 4 nitrogen and oxygen atoms in total. The molecule has 5 heteroatoms. The van der Waals surface area contributed by atoms with E-state index in [2.05, 4.69) is 10.3 Å². The average Bonchev–Trinajstić information content (AvgIpc) is 2.25. The van der Waals surface area contributed by atoms with Crippen molar-refractivity contribution in [3.63, 3.8) is 0 Å². The number of carbonyl (C=O) groups is 1. The third-order valence-electron chi connectivity index (χ3n) is 2.20. The summed E-state index contributed by atoms with van der Waals surface area (Å²) >= 11 is 5.94. The molecule has 0 saturated carbocycles. The first-order valence-electron chi connectivity index (χ1n) is 5.27. The van der Waals surface area contributed by atoms with Crippen molar-refractivity contribution in [1.82, 2.24) is 10.3 Å². The van der Waals surface area contributed by atoms with Crippen molar-refractivity contribution in [1.29, 1.82) is 0 Å². The van der Waals surface area contributed by atoms with Gasteiger partial charge in [0.05, 0.1) is 5.02 Å². The fourth-order valence-electron chi connectivity index (χ4n) is 1.32. The molecular formula is C11H16ClN3O. The van der Waals surface area contributed by atoms with Crippen molar-refractivity contribution in [2.45, 2.75) is 25.8 Å². The van der Waals surface area contributed by atoms with Gasteiger partial charge in [-0.25, -0.2) is 0 Å². The van der Waals surface area contributed by atoms with Crippen LogP contribution >= 0.6 is 11.6 Å². The van der Waals surface area contributed by atoms with Crippen molar-refractivity contribution in [3.8, 4) is 0 Å². The van der Waals surface area contributed by atoms with E-state index in [-0.39, 0.29) is 5.91 Å². The number of rotatable bonds is 7. The summed E-state index contributed by atoms with van der Waals surface area (Å²) in [6, 6.07) is 1.89. The van der Waals surface area contributed by atoms with E-state index < -0.39 is 0 Å². The van der Waals surface area contributed by atoms with Gasteiger partial charge in [0, 0.05) is 25.4 Å². The van der Waals surface area contributed by atoms with Gasteiger partial charge in [-0.1, -0.05) is 11.6 Å². The third-order valence-corrected chi connectivity index (χ3v) is 2.54. The number of carbonyl (C=O) groups excluding carboxylic acids is 1. The number of nitrogens with one attached hydrogen (secondary N) is 1. The number of hydrogen-bond acceptors (Lipinski definition) is 3. The predicted octanol–water partition coefficient (Wildman–Crippen LogP) is 1.48. The van der Waals surface area contributed by atoms with E-state index in [1.807, 2.05) is 6.07 Å². The summed E-state index contributed by atoms with van der Waals surface area (Å²) in [5, 5.41) is 3.93. The fraction of sp³-hybridized carbons (Fsp3) is 0.455. The first kappa shape index (κ1) is 12.9. The minimum atomic E-state index is -0.239. The highest BCUT2D eigenvalue weighted by atomic mass is 35.5. The van der Waals surface area contributed by atoms with Crippen LogP contribution in [-0.4, -0.2) is 17.4 Å².